The first-order valence-electron chi connectivity index (χ1n) is 7.07. The van der Waals surface area contributed by atoms with Gasteiger partial charge in [0.25, 0.3) is 5.56 Å². The van der Waals surface area contributed by atoms with Crippen molar-refractivity contribution in [2.75, 3.05) is 5.32 Å². The number of nitrogens with one attached hydrogen (secondary N) is 1. The molecule has 0 aliphatic heterocycles. The molecular formula is C16H12F2N4O2. The van der Waals surface area contributed by atoms with E-state index in [1.165, 1.54) is 6.92 Å². The third-order valence-corrected chi connectivity index (χ3v) is 3.53. The van der Waals surface area contributed by atoms with Crippen molar-refractivity contribution in [2.24, 2.45) is 0 Å². The van der Waals surface area contributed by atoms with Crippen molar-refractivity contribution in [1.82, 2.24) is 15.0 Å². The first-order valence-corrected chi connectivity index (χ1v) is 7.07. The molecule has 8 heteroatoms. The normalized spacial score (nSPS) is 12.1. The third-order valence-electron chi connectivity index (χ3n) is 3.53. The summed E-state index contributed by atoms with van der Waals surface area (Å²) in [4.78, 5) is 24.6. The molecule has 1 aromatic heterocycles. The maximum absolute atomic E-state index is 13.6. The maximum Gasteiger partial charge on any atom is 0.278 e. The van der Waals surface area contributed by atoms with Crippen LogP contribution in [0.3, 0.4) is 0 Å². The number of nitrogens with zero attached hydrogens (tertiary/aromatic N) is 3. The molecule has 0 spiro atoms. The van der Waals surface area contributed by atoms with Crippen LogP contribution in [0, 0.1) is 11.6 Å². The zero-order valence-electron chi connectivity index (χ0n) is 12.5. The molecule has 6 nitrogen and oxygen atoms in total. The van der Waals surface area contributed by atoms with Crippen molar-refractivity contribution >= 4 is 22.5 Å². The van der Waals surface area contributed by atoms with Crippen LogP contribution in [0.5, 0.6) is 0 Å². The lowest BCUT2D eigenvalue weighted by molar-refractivity contribution is -0.119. The van der Waals surface area contributed by atoms with E-state index in [9.17, 15) is 18.4 Å². The summed E-state index contributed by atoms with van der Waals surface area (Å²) in [5, 5.41) is 10.3. The molecule has 1 heterocycles. The molecule has 1 atom stereocenters. The number of rotatable bonds is 3. The van der Waals surface area contributed by atoms with E-state index in [-0.39, 0.29) is 5.69 Å². The number of hydrogen-bond donors (Lipinski definition) is 1. The van der Waals surface area contributed by atoms with Gasteiger partial charge >= 0.3 is 0 Å². The topological polar surface area (TPSA) is 76.9 Å². The molecule has 0 aliphatic rings. The molecular weight excluding hydrogens is 318 g/mol. The second-order valence-electron chi connectivity index (χ2n) is 5.15. The Morgan fingerprint density at radius 2 is 1.96 bits per heavy atom. The van der Waals surface area contributed by atoms with Gasteiger partial charge in [-0.3, -0.25) is 9.59 Å². The first kappa shape index (κ1) is 15.7. The Morgan fingerprint density at radius 1 is 1.21 bits per heavy atom. The third kappa shape index (κ3) is 2.85. The summed E-state index contributed by atoms with van der Waals surface area (Å²) in [6.45, 7) is 1.43. The highest BCUT2D eigenvalue weighted by atomic mass is 19.1. The van der Waals surface area contributed by atoms with Crippen LogP contribution in [0.15, 0.2) is 47.3 Å². The summed E-state index contributed by atoms with van der Waals surface area (Å²) in [5.74, 6) is -2.34. The molecule has 0 bridgehead atoms. The van der Waals surface area contributed by atoms with Crippen LogP contribution >= 0.6 is 0 Å². The largest absolute Gasteiger partial charge is 0.322 e. The van der Waals surface area contributed by atoms with E-state index in [0.717, 1.165) is 16.8 Å². The monoisotopic (exact) mass is 330 g/mol. The number of carbonyl (C=O) groups excluding carboxylic acids is 1. The molecule has 0 fully saturated rings. The zero-order chi connectivity index (χ0) is 17.3. The highest BCUT2D eigenvalue weighted by molar-refractivity contribution is 5.93. The van der Waals surface area contributed by atoms with Gasteiger partial charge in [0.1, 0.15) is 23.2 Å². The van der Waals surface area contributed by atoms with Gasteiger partial charge in [-0.05, 0) is 31.2 Å². The van der Waals surface area contributed by atoms with Gasteiger partial charge in [-0.1, -0.05) is 17.3 Å². The molecule has 0 aliphatic carbocycles. The molecule has 0 radical (unpaired) electrons. The van der Waals surface area contributed by atoms with Gasteiger partial charge in [0.05, 0.1) is 11.1 Å². The fourth-order valence-electron chi connectivity index (χ4n) is 2.19. The second-order valence-corrected chi connectivity index (χ2v) is 5.15. The molecule has 1 N–H and O–H groups in total. The van der Waals surface area contributed by atoms with Crippen LogP contribution in [-0.4, -0.2) is 20.9 Å². The summed E-state index contributed by atoms with van der Waals surface area (Å²) < 4.78 is 27.4. The van der Waals surface area contributed by atoms with E-state index in [1.54, 1.807) is 24.3 Å². The Hall–Kier alpha value is -3.16. The Morgan fingerprint density at radius 3 is 2.71 bits per heavy atom. The second kappa shape index (κ2) is 6.15. The van der Waals surface area contributed by atoms with Crippen molar-refractivity contribution < 1.29 is 13.6 Å². The highest BCUT2D eigenvalue weighted by Crippen LogP contribution is 2.16. The van der Waals surface area contributed by atoms with Gasteiger partial charge in [0, 0.05) is 6.07 Å². The molecule has 0 saturated carbocycles. The predicted molar refractivity (Wildman–Crippen MR) is 83.5 cm³/mol. The fourth-order valence-corrected chi connectivity index (χ4v) is 2.19. The van der Waals surface area contributed by atoms with Crippen molar-refractivity contribution in [3.05, 3.63) is 64.5 Å². The summed E-state index contributed by atoms with van der Waals surface area (Å²) in [6, 6.07) is 8.35. The van der Waals surface area contributed by atoms with Crippen molar-refractivity contribution in [3.63, 3.8) is 0 Å². The summed E-state index contributed by atoms with van der Waals surface area (Å²) in [6.07, 6.45) is 0. The fraction of sp³-hybridized carbons (Fsp3) is 0.125. The average Bonchev–Trinajstić information content (AvgIpc) is 2.57. The van der Waals surface area contributed by atoms with Crippen LogP contribution in [0.4, 0.5) is 14.5 Å². The minimum Gasteiger partial charge on any atom is -0.322 e. The van der Waals surface area contributed by atoms with Crippen LogP contribution < -0.4 is 10.9 Å². The van der Waals surface area contributed by atoms with E-state index in [2.05, 4.69) is 15.6 Å². The minimum absolute atomic E-state index is 0.185. The van der Waals surface area contributed by atoms with Gasteiger partial charge in [0.2, 0.25) is 5.91 Å². The Kier molecular flexibility index (Phi) is 4.03. The van der Waals surface area contributed by atoms with Crippen LogP contribution in [-0.2, 0) is 4.79 Å². The van der Waals surface area contributed by atoms with Gasteiger partial charge in [-0.2, -0.15) is 4.68 Å². The van der Waals surface area contributed by atoms with E-state index < -0.39 is 29.1 Å². The molecule has 24 heavy (non-hydrogen) atoms. The Bertz CT molecular complexity index is 987. The number of hydrogen-bond acceptors (Lipinski definition) is 4. The minimum atomic E-state index is -1.03. The predicted octanol–water partition coefficient (Wildman–Crippen LogP) is 2.27. The number of anilines is 1. The quantitative estimate of drug-likeness (QED) is 0.799. The van der Waals surface area contributed by atoms with Crippen molar-refractivity contribution in [3.8, 4) is 0 Å². The number of carbonyl (C=O) groups is 1. The number of aromatic nitrogens is 3. The Balaban J connectivity index is 1.91. The molecule has 3 rings (SSSR count). The van der Waals surface area contributed by atoms with E-state index in [1.807, 2.05) is 0 Å². The number of benzene rings is 2. The van der Waals surface area contributed by atoms with Crippen LogP contribution in [0.25, 0.3) is 10.9 Å². The molecule has 2 aromatic carbocycles. The average molecular weight is 330 g/mol. The molecule has 3 aromatic rings. The van der Waals surface area contributed by atoms with Gasteiger partial charge < -0.3 is 5.32 Å². The lowest BCUT2D eigenvalue weighted by Gasteiger charge is -2.14. The molecule has 1 unspecified atom stereocenters. The lowest BCUT2D eigenvalue weighted by Crippen LogP contribution is -2.34. The highest BCUT2D eigenvalue weighted by Gasteiger charge is 2.20. The van der Waals surface area contributed by atoms with Gasteiger partial charge in [-0.15, -0.1) is 5.10 Å². The molecule has 122 valence electrons. The smallest absolute Gasteiger partial charge is 0.278 e. The SMILES string of the molecule is CC(C(=O)Nc1ccc(F)cc1F)n1nnc2ccccc2c1=O. The van der Waals surface area contributed by atoms with Crippen LogP contribution in [0.2, 0.25) is 0 Å². The molecule has 1 amide bonds. The van der Waals surface area contributed by atoms with E-state index >= 15 is 0 Å². The summed E-state index contributed by atoms with van der Waals surface area (Å²) in [7, 11) is 0. The summed E-state index contributed by atoms with van der Waals surface area (Å²) >= 11 is 0. The van der Waals surface area contributed by atoms with E-state index in [4.69, 9.17) is 0 Å². The summed E-state index contributed by atoms with van der Waals surface area (Å²) in [5.41, 5.74) is -0.256. The van der Waals surface area contributed by atoms with Crippen molar-refractivity contribution in [2.45, 2.75) is 13.0 Å². The standard InChI is InChI=1S/C16H12F2N4O2/c1-9(15(23)19-14-7-6-10(17)8-12(14)18)22-16(24)11-4-2-3-5-13(11)20-21-22/h2-9H,1H3,(H,19,23). The van der Waals surface area contributed by atoms with Gasteiger partial charge in [-0.25, -0.2) is 8.78 Å². The van der Waals surface area contributed by atoms with E-state index in [0.29, 0.717) is 17.0 Å². The Labute approximate surface area is 134 Å². The zero-order valence-corrected chi connectivity index (χ0v) is 12.5. The number of amides is 1. The molecule has 0 saturated heterocycles. The first-order chi connectivity index (χ1) is 11.5. The lowest BCUT2D eigenvalue weighted by atomic mass is 10.2. The number of fused-ring (bicyclic) bond motifs is 1. The van der Waals surface area contributed by atoms with Gasteiger partial charge in [0.15, 0.2) is 0 Å². The number of halogens is 2. The maximum atomic E-state index is 13.6. The van der Waals surface area contributed by atoms with Crippen LogP contribution in [0.1, 0.15) is 13.0 Å². The van der Waals surface area contributed by atoms with Crippen molar-refractivity contribution in [1.29, 1.82) is 0 Å².